The molecule has 0 aliphatic rings. The predicted octanol–water partition coefficient (Wildman–Crippen LogP) is 3.20. The minimum absolute atomic E-state index is 0.675. The van der Waals surface area contributed by atoms with Gasteiger partial charge in [-0.1, -0.05) is 0 Å². The van der Waals surface area contributed by atoms with E-state index in [0.717, 1.165) is 34.0 Å². The topological polar surface area (TPSA) is 47.0 Å². The zero-order valence-corrected chi connectivity index (χ0v) is 11.8. The fraction of sp³-hybridized carbons (Fsp3) is 0.333. The van der Waals surface area contributed by atoms with E-state index in [4.69, 9.17) is 4.74 Å². The maximum Gasteiger partial charge on any atom is 0.151 e. The van der Waals surface area contributed by atoms with Gasteiger partial charge in [-0.15, -0.1) is 10.2 Å². The third-order valence-corrected chi connectivity index (χ3v) is 3.20. The van der Waals surface area contributed by atoms with Gasteiger partial charge in [0.05, 0.1) is 12.3 Å². The second-order valence-electron chi connectivity index (χ2n) is 4.35. The van der Waals surface area contributed by atoms with E-state index in [1.807, 2.05) is 45.2 Å². The number of anilines is 1. The maximum absolute atomic E-state index is 5.44. The molecule has 4 heteroatoms. The monoisotopic (exact) mass is 257 g/mol. The summed E-state index contributed by atoms with van der Waals surface area (Å²) in [6.07, 6.45) is 0. The van der Waals surface area contributed by atoms with Crippen molar-refractivity contribution in [3.63, 3.8) is 0 Å². The van der Waals surface area contributed by atoms with Gasteiger partial charge in [0.25, 0.3) is 0 Å². The van der Waals surface area contributed by atoms with Gasteiger partial charge in [-0.25, -0.2) is 0 Å². The Labute approximate surface area is 113 Å². The van der Waals surface area contributed by atoms with Crippen LogP contribution in [0.25, 0.3) is 11.3 Å². The van der Waals surface area contributed by atoms with Crippen LogP contribution in [-0.2, 0) is 0 Å². The van der Waals surface area contributed by atoms with Crippen LogP contribution in [0.4, 0.5) is 5.82 Å². The molecule has 0 saturated heterocycles. The van der Waals surface area contributed by atoms with Gasteiger partial charge >= 0.3 is 0 Å². The first-order valence-electron chi connectivity index (χ1n) is 6.42. The number of hydrogen-bond acceptors (Lipinski definition) is 4. The van der Waals surface area contributed by atoms with Crippen molar-refractivity contribution in [3.05, 3.63) is 35.4 Å². The number of hydrogen-bond donors (Lipinski definition) is 1. The van der Waals surface area contributed by atoms with Crippen molar-refractivity contribution in [2.45, 2.75) is 20.8 Å². The van der Waals surface area contributed by atoms with E-state index in [-0.39, 0.29) is 0 Å². The molecule has 0 unspecified atom stereocenters. The Bertz CT molecular complexity index is 564. The molecule has 1 heterocycles. The maximum atomic E-state index is 5.44. The Balaban J connectivity index is 2.39. The normalized spacial score (nSPS) is 10.3. The first kappa shape index (κ1) is 13.3. The van der Waals surface area contributed by atoms with Crippen molar-refractivity contribution in [1.29, 1.82) is 0 Å². The molecule has 0 fully saturated rings. The molecule has 2 rings (SSSR count). The average molecular weight is 257 g/mol. The Morgan fingerprint density at radius 1 is 1.05 bits per heavy atom. The van der Waals surface area contributed by atoms with Crippen molar-refractivity contribution < 1.29 is 4.74 Å². The van der Waals surface area contributed by atoms with Crippen molar-refractivity contribution >= 4 is 5.82 Å². The number of nitrogens with zero attached hydrogens (tertiary/aromatic N) is 2. The lowest BCUT2D eigenvalue weighted by Crippen LogP contribution is -2.02. The van der Waals surface area contributed by atoms with Gasteiger partial charge < -0.3 is 10.1 Å². The number of aromatic nitrogens is 2. The fourth-order valence-corrected chi connectivity index (χ4v) is 1.99. The zero-order valence-electron chi connectivity index (χ0n) is 11.8. The van der Waals surface area contributed by atoms with Crippen LogP contribution < -0.4 is 10.1 Å². The van der Waals surface area contributed by atoms with Crippen LogP contribution in [0.2, 0.25) is 0 Å². The molecular weight excluding hydrogens is 238 g/mol. The van der Waals surface area contributed by atoms with Crippen LogP contribution >= 0.6 is 0 Å². The first-order chi connectivity index (χ1) is 9.17. The third-order valence-electron chi connectivity index (χ3n) is 3.20. The van der Waals surface area contributed by atoms with Gasteiger partial charge in [0.2, 0.25) is 0 Å². The predicted molar refractivity (Wildman–Crippen MR) is 77.7 cm³/mol. The molecule has 4 nitrogen and oxygen atoms in total. The summed E-state index contributed by atoms with van der Waals surface area (Å²) in [4.78, 5) is 0. The Kier molecular flexibility index (Phi) is 4.00. The lowest BCUT2D eigenvalue weighted by Gasteiger charge is -2.11. The minimum atomic E-state index is 0.675. The average Bonchev–Trinajstić information content (AvgIpc) is 2.43. The molecule has 0 atom stereocenters. The number of rotatable bonds is 4. The van der Waals surface area contributed by atoms with Gasteiger partial charge in [0.15, 0.2) is 5.82 Å². The van der Waals surface area contributed by atoms with E-state index in [0.29, 0.717) is 6.61 Å². The second kappa shape index (κ2) is 5.69. The van der Waals surface area contributed by atoms with Crippen LogP contribution in [0.1, 0.15) is 18.1 Å². The molecule has 1 aromatic heterocycles. The van der Waals surface area contributed by atoms with Gasteiger partial charge in [-0.05, 0) is 56.2 Å². The SMILES string of the molecule is CCOc1ccc(-c2nnc(NC)c(C)c2C)cc1. The van der Waals surface area contributed by atoms with Crippen molar-refractivity contribution in [3.8, 4) is 17.0 Å². The molecule has 1 aromatic carbocycles. The number of nitrogens with one attached hydrogen (secondary N) is 1. The highest BCUT2D eigenvalue weighted by molar-refractivity contribution is 5.66. The third kappa shape index (κ3) is 2.67. The van der Waals surface area contributed by atoms with Crippen LogP contribution in [-0.4, -0.2) is 23.9 Å². The Hall–Kier alpha value is -2.10. The largest absolute Gasteiger partial charge is 0.494 e. The molecule has 0 radical (unpaired) electrons. The summed E-state index contributed by atoms with van der Waals surface area (Å²) >= 11 is 0. The highest BCUT2D eigenvalue weighted by Crippen LogP contribution is 2.27. The smallest absolute Gasteiger partial charge is 0.151 e. The summed E-state index contributed by atoms with van der Waals surface area (Å²) in [6, 6.07) is 7.95. The van der Waals surface area contributed by atoms with E-state index >= 15 is 0 Å². The van der Waals surface area contributed by atoms with Crippen LogP contribution in [0, 0.1) is 13.8 Å². The van der Waals surface area contributed by atoms with E-state index in [9.17, 15) is 0 Å². The van der Waals surface area contributed by atoms with Crippen LogP contribution in [0.5, 0.6) is 5.75 Å². The van der Waals surface area contributed by atoms with Gasteiger partial charge in [0.1, 0.15) is 5.75 Å². The Morgan fingerprint density at radius 3 is 2.32 bits per heavy atom. The standard InChI is InChI=1S/C15H19N3O/c1-5-19-13-8-6-12(7-9-13)14-10(2)11(3)15(16-4)18-17-14/h6-9H,5H2,1-4H3,(H,16,18). The van der Waals surface area contributed by atoms with E-state index in [1.54, 1.807) is 0 Å². The lowest BCUT2D eigenvalue weighted by atomic mass is 10.0. The number of benzene rings is 1. The number of ether oxygens (including phenoxy) is 1. The molecule has 0 amide bonds. The van der Waals surface area contributed by atoms with Crippen LogP contribution in [0.15, 0.2) is 24.3 Å². The summed E-state index contributed by atoms with van der Waals surface area (Å²) in [5.74, 6) is 1.70. The molecule has 1 N–H and O–H groups in total. The molecule has 100 valence electrons. The second-order valence-corrected chi connectivity index (χ2v) is 4.35. The zero-order chi connectivity index (χ0) is 13.8. The minimum Gasteiger partial charge on any atom is -0.494 e. The summed E-state index contributed by atoms with van der Waals surface area (Å²) in [7, 11) is 1.85. The van der Waals surface area contributed by atoms with E-state index < -0.39 is 0 Å². The highest BCUT2D eigenvalue weighted by Gasteiger charge is 2.10. The molecule has 19 heavy (non-hydrogen) atoms. The van der Waals surface area contributed by atoms with Crippen LogP contribution in [0.3, 0.4) is 0 Å². The summed E-state index contributed by atoms with van der Waals surface area (Å²) in [5.41, 5.74) is 4.24. The summed E-state index contributed by atoms with van der Waals surface area (Å²) in [5, 5.41) is 11.5. The molecule has 0 spiro atoms. The molecule has 0 aliphatic carbocycles. The van der Waals surface area contributed by atoms with Gasteiger partial charge in [0, 0.05) is 12.6 Å². The van der Waals surface area contributed by atoms with Gasteiger partial charge in [-0.3, -0.25) is 0 Å². The molecular formula is C15H19N3O. The summed E-state index contributed by atoms with van der Waals surface area (Å²) in [6.45, 7) is 6.77. The molecule has 0 bridgehead atoms. The van der Waals surface area contributed by atoms with Crippen molar-refractivity contribution in [1.82, 2.24) is 10.2 Å². The van der Waals surface area contributed by atoms with Crippen molar-refractivity contribution in [2.75, 3.05) is 19.0 Å². The molecule has 0 aliphatic heterocycles. The lowest BCUT2D eigenvalue weighted by molar-refractivity contribution is 0.340. The van der Waals surface area contributed by atoms with Gasteiger partial charge in [-0.2, -0.15) is 0 Å². The molecule has 0 saturated carbocycles. The van der Waals surface area contributed by atoms with E-state index in [2.05, 4.69) is 22.4 Å². The summed E-state index contributed by atoms with van der Waals surface area (Å²) < 4.78 is 5.44. The fourth-order valence-electron chi connectivity index (χ4n) is 1.99. The van der Waals surface area contributed by atoms with E-state index in [1.165, 1.54) is 0 Å². The quantitative estimate of drug-likeness (QED) is 0.913. The first-order valence-corrected chi connectivity index (χ1v) is 6.42. The Morgan fingerprint density at radius 2 is 1.74 bits per heavy atom. The highest BCUT2D eigenvalue weighted by atomic mass is 16.5. The molecule has 2 aromatic rings. The van der Waals surface area contributed by atoms with Crippen molar-refractivity contribution in [2.24, 2.45) is 0 Å².